The highest BCUT2D eigenvalue weighted by atomic mass is 19.1. The standard InChI is InChI=1S/C19H18F2N4O2/c1-11-5-12(3-4-15(11)21)13-6-16-18(22-7-13)23(2)19(27)25(16)10-17(26)24-8-14(20)9-24/h3-7,14H,8-10H2,1-2H3. The first-order valence-electron chi connectivity index (χ1n) is 8.59. The van der Waals surface area contributed by atoms with Crippen LogP contribution in [0.2, 0.25) is 0 Å². The Labute approximate surface area is 153 Å². The van der Waals surface area contributed by atoms with Crippen LogP contribution in [0.15, 0.2) is 35.3 Å². The molecule has 0 spiro atoms. The highest BCUT2D eigenvalue weighted by molar-refractivity contribution is 5.82. The lowest BCUT2D eigenvalue weighted by Crippen LogP contribution is -2.52. The number of benzene rings is 1. The number of fused-ring (bicyclic) bond motifs is 1. The molecule has 1 fully saturated rings. The summed E-state index contributed by atoms with van der Waals surface area (Å²) in [6.07, 6.45) is 0.622. The van der Waals surface area contributed by atoms with Crippen LogP contribution in [0.25, 0.3) is 22.3 Å². The van der Waals surface area contributed by atoms with Crippen LogP contribution in [0.5, 0.6) is 0 Å². The van der Waals surface area contributed by atoms with Crippen LogP contribution in [-0.4, -0.2) is 44.2 Å². The normalized spacial score (nSPS) is 14.6. The van der Waals surface area contributed by atoms with E-state index < -0.39 is 6.17 Å². The number of amides is 1. The molecular weight excluding hydrogens is 354 g/mol. The topological polar surface area (TPSA) is 60.1 Å². The molecule has 3 heterocycles. The second-order valence-corrected chi connectivity index (χ2v) is 6.85. The van der Waals surface area contributed by atoms with Gasteiger partial charge in [-0.05, 0) is 36.2 Å². The van der Waals surface area contributed by atoms with Gasteiger partial charge in [0.05, 0.1) is 18.6 Å². The predicted molar refractivity (Wildman–Crippen MR) is 96.6 cm³/mol. The number of halogens is 2. The average Bonchev–Trinajstić information content (AvgIpc) is 2.85. The van der Waals surface area contributed by atoms with Crippen molar-refractivity contribution in [1.29, 1.82) is 0 Å². The fourth-order valence-electron chi connectivity index (χ4n) is 3.28. The summed E-state index contributed by atoms with van der Waals surface area (Å²) in [5, 5.41) is 0. The number of alkyl halides is 1. The van der Waals surface area contributed by atoms with Gasteiger partial charge in [-0.3, -0.25) is 13.9 Å². The maximum atomic E-state index is 13.5. The molecule has 0 saturated carbocycles. The number of nitrogens with zero attached hydrogens (tertiary/aromatic N) is 4. The molecule has 2 aromatic heterocycles. The SMILES string of the molecule is Cc1cc(-c2cnc3c(c2)n(CC(=O)N2CC(F)C2)c(=O)n3C)ccc1F. The fraction of sp³-hybridized carbons (Fsp3) is 0.316. The van der Waals surface area contributed by atoms with E-state index in [2.05, 4.69) is 4.98 Å². The average molecular weight is 372 g/mol. The van der Waals surface area contributed by atoms with Gasteiger partial charge in [0.2, 0.25) is 5.91 Å². The van der Waals surface area contributed by atoms with Crippen LogP contribution < -0.4 is 5.69 Å². The molecule has 1 aliphatic heterocycles. The van der Waals surface area contributed by atoms with E-state index in [0.717, 1.165) is 5.56 Å². The van der Waals surface area contributed by atoms with Gasteiger partial charge < -0.3 is 4.90 Å². The number of pyridine rings is 1. The van der Waals surface area contributed by atoms with Gasteiger partial charge in [0.25, 0.3) is 0 Å². The number of carbonyl (C=O) groups excluding carboxylic acids is 1. The van der Waals surface area contributed by atoms with Crippen LogP contribution in [0.3, 0.4) is 0 Å². The minimum atomic E-state index is -0.992. The molecule has 8 heteroatoms. The Morgan fingerprint density at radius 2 is 2.00 bits per heavy atom. The lowest BCUT2D eigenvalue weighted by atomic mass is 10.0. The molecule has 140 valence electrons. The first-order chi connectivity index (χ1) is 12.8. The van der Waals surface area contributed by atoms with Gasteiger partial charge in [-0.1, -0.05) is 6.07 Å². The molecule has 4 rings (SSSR count). The number of hydrogen-bond acceptors (Lipinski definition) is 3. The summed E-state index contributed by atoms with van der Waals surface area (Å²) in [5.41, 5.74) is 2.57. The third-order valence-corrected chi connectivity index (χ3v) is 4.95. The van der Waals surface area contributed by atoms with Crippen LogP contribution in [0, 0.1) is 12.7 Å². The molecule has 27 heavy (non-hydrogen) atoms. The van der Waals surface area contributed by atoms with Gasteiger partial charge in [-0.25, -0.2) is 18.6 Å². The monoisotopic (exact) mass is 372 g/mol. The van der Waals surface area contributed by atoms with Crippen molar-refractivity contribution in [2.24, 2.45) is 7.05 Å². The zero-order valence-electron chi connectivity index (χ0n) is 14.9. The highest BCUT2D eigenvalue weighted by Gasteiger charge is 2.31. The quantitative estimate of drug-likeness (QED) is 0.707. The van der Waals surface area contributed by atoms with Crippen LogP contribution >= 0.6 is 0 Å². The lowest BCUT2D eigenvalue weighted by molar-refractivity contribution is -0.138. The van der Waals surface area contributed by atoms with E-state index in [1.54, 1.807) is 38.4 Å². The summed E-state index contributed by atoms with van der Waals surface area (Å²) in [7, 11) is 1.58. The third-order valence-electron chi connectivity index (χ3n) is 4.95. The Morgan fingerprint density at radius 3 is 2.67 bits per heavy atom. The summed E-state index contributed by atoms with van der Waals surface area (Å²) in [4.78, 5) is 30.6. The Hall–Kier alpha value is -3.03. The molecule has 0 N–H and O–H groups in total. The number of hydrogen-bond donors (Lipinski definition) is 0. The summed E-state index contributed by atoms with van der Waals surface area (Å²) in [6, 6.07) is 6.49. The largest absolute Gasteiger partial charge is 0.335 e. The van der Waals surface area contributed by atoms with Crippen LogP contribution in [0.4, 0.5) is 8.78 Å². The third kappa shape index (κ3) is 2.90. The molecule has 0 radical (unpaired) electrons. The molecule has 3 aromatic rings. The van der Waals surface area contributed by atoms with E-state index in [4.69, 9.17) is 0 Å². The minimum Gasteiger partial charge on any atom is -0.335 e. The second kappa shape index (κ2) is 6.29. The summed E-state index contributed by atoms with van der Waals surface area (Å²) >= 11 is 0. The molecule has 0 atom stereocenters. The Morgan fingerprint density at radius 1 is 1.26 bits per heavy atom. The van der Waals surface area contributed by atoms with Crippen molar-refractivity contribution >= 4 is 17.1 Å². The zero-order chi connectivity index (χ0) is 19.3. The molecule has 0 unspecified atom stereocenters. The summed E-state index contributed by atoms with van der Waals surface area (Å²) in [5.74, 6) is -0.600. The minimum absolute atomic E-state index is 0.0662. The smallest absolute Gasteiger partial charge is 0.330 e. The summed E-state index contributed by atoms with van der Waals surface area (Å²) in [6.45, 7) is 1.64. The maximum Gasteiger partial charge on any atom is 0.330 e. The van der Waals surface area contributed by atoms with Crippen molar-refractivity contribution in [3.63, 3.8) is 0 Å². The lowest BCUT2D eigenvalue weighted by Gasteiger charge is -2.34. The first-order valence-corrected chi connectivity index (χ1v) is 8.59. The first kappa shape index (κ1) is 17.4. The van der Waals surface area contributed by atoms with E-state index in [0.29, 0.717) is 22.3 Å². The van der Waals surface area contributed by atoms with Crippen molar-refractivity contribution in [2.45, 2.75) is 19.6 Å². The van der Waals surface area contributed by atoms with Crippen molar-refractivity contribution < 1.29 is 13.6 Å². The number of aromatic nitrogens is 3. The van der Waals surface area contributed by atoms with Gasteiger partial charge in [-0.15, -0.1) is 0 Å². The highest BCUT2D eigenvalue weighted by Crippen LogP contribution is 2.24. The molecule has 1 saturated heterocycles. The van der Waals surface area contributed by atoms with Gasteiger partial charge in [0.1, 0.15) is 18.5 Å². The molecule has 1 aliphatic rings. The Kier molecular flexibility index (Phi) is 4.05. The maximum absolute atomic E-state index is 13.5. The van der Waals surface area contributed by atoms with Crippen LogP contribution in [0.1, 0.15) is 5.56 Å². The fourth-order valence-corrected chi connectivity index (χ4v) is 3.28. The molecule has 1 amide bonds. The number of aryl methyl sites for hydroxylation is 2. The van der Waals surface area contributed by atoms with Crippen molar-refractivity contribution in [3.05, 3.63) is 52.3 Å². The van der Waals surface area contributed by atoms with Crippen molar-refractivity contribution in [1.82, 2.24) is 19.0 Å². The van der Waals surface area contributed by atoms with E-state index >= 15 is 0 Å². The Balaban J connectivity index is 1.76. The number of rotatable bonds is 3. The van der Waals surface area contributed by atoms with E-state index in [9.17, 15) is 18.4 Å². The molecule has 0 aliphatic carbocycles. The van der Waals surface area contributed by atoms with Crippen LogP contribution in [-0.2, 0) is 18.4 Å². The molecular formula is C19H18F2N4O2. The zero-order valence-corrected chi connectivity index (χ0v) is 14.9. The van der Waals surface area contributed by atoms with Crippen molar-refractivity contribution in [3.8, 4) is 11.1 Å². The van der Waals surface area contributed by atoms with E-state index in [1.807, 2.05) is 0 Å². The number of imidazole rings is 1. The number of likely N-dealkylation sites (tertiary alicyclic amines) is 1. The number of carbonyl (C=O) groups is 1. The van der Waals surface area contributed by atoms with E-state index in [1.165, 1.54) is 20.1 Å². The van der Waals surface area contributed by atoms with Gasteiger partial charge >= 0.3 is 5.69 Å². The molecule has 0 bridgehead atoms. The van der Waals surface area contributed by atoms with E-state index in [-0.39, 0.29) is 37.0 Å². The summed E-state index contributed by atoms with van der Waals surface area (Å²) < 4.78 is 29.3. The second-order valence-electron chi connectivity index (χ2n) is 6.85. The van der Waals surface area contributed by atoms with Gasteiger partial charge in [0, 0.05) is 18.8 Å². The predicted octanol–water partition coefficient (Wildman–Crippen LogP) is 2.03. The van der Waals surface area contributed by atoms with Gasteiger partial charge in [-0.2, -0.15) is 0 Å². The molecule has 1 aromatic carbocycles. The van der Waals surface area contributed by atoms with Gasteiger partial charge in [0.15, 0.2) is 5.65 Å². The molecule has 6 nitrogen and oxygen atoms in total. The Bertz CT molecular complexity index is 1110. The van der Waals surface area contributed by atoms with Crippen molar-refractivity contribution in [2.75, 3.05) is 13.1 Å².